The van der Waals surface area contributed by atoms with Crippen LogP contribution in [-0.2, 0) is 11.2 Å². The van der Waals surface area contributed by atoms with Crippen LogP contribution in [0.2, 0.25) is 0 Å². The van der Waals surface area contributed by atoms with E-state index in [4.69, 9.17) is 9.84 Å². The van der Waals surface area contributed by atoms with Crippen LogP contribution in [-0.4, -0.2) is 21.8 Å². The zero-order valence-corrected chi connectivity index (χ0v) is 13.8. The molecule has 0 radical (unpaired) electrons. The van der Waals surface area contributed by atoms with Crippen LogP contribution in [0, 0.1) is 20.8 Å². The van der Waals surface area contributed by atoms with Gasteiger partial charge in [-0.1, -0.05) is 13.8 Å². The summed E-state index contributed by atoms with van der Waals surface area (Å²) in [5.41, 5.74) is 2.88. The van der Waals surface area contributed by atoms with Gasteiger partial charge in [-0.05, 0) is 57.2 Å². The number of aromatic hydroxyl groups is 1. The zero-order chi connectivity index (χ0) is 16.4. The smallest absolute Gasteiger partial charge is 0.307 e. The summed E-state index contributed by atoms with van der Waals surface area (Å²) in [5, 5.41) is 19.1. The first-order valence-corrected chi connectivity index (χ1v) is 7.47. The van der Waals surface area contributed by atoms with Crippen molar-refractivity contribution in [3.05, 3.63) is 22.3 Å². The average Bonchev–Trinajstić information content (AvgIpc) is 2.43. The van der Waals surface area contributed by atoms with E-state index >= 15 is 0 Å². The molecule has 1 heterocycles. The molecule has 118 valence electrons. The van der Waals surface area contributed by atoms with Crippen molar-refractivity contribution in [3.8, 4) is 11.5 Å². The van der Waals surface area contributed by atoms with E-state index < -0.39 is 11.6 Å². The van der Waals surface area contributed by atoms with Crippen LogP contribution in [0.3, 0.4) is 0 Å². The third kappa shape index (κ3) is 3.31. The Kier molecular flexibility index (Phi) is 5.26. The summed E-state index contributed by atoms with van der Waals surface area (Å²) in [5.74, 6) is 0.223. The zero-order valence-electron chi connectivity index (χ0n) is 13.8. The molecular weight excluding hydrogens is 268 g/mol. The van der Waals surface area contributed by atoms with Gasteiger partial charge in [-0.15, -0.1) is 0 Å². The Bertz CT molecular complexity index is 548. The number of carboxylic acids is 1. The molecule has 0 amide bonds. The van der Waals surface area contributed by atoms with Crippen molar-refractivity contribution in [3.63, 3.8) is 0 Å². The van der Waals surface area contributed by atoms with Gasteiger partial charge in [0.2, 0.25) is 0 Å². The highest BCUT2D eigenvalue weighted by atomic mass is 16.5. The van der Waals surface area contributed by atoms with Crippen LogP contribution < -0.4 is 4.74 Å². The molecule has 4 heteroatoms. The summed E-state index contributed by atoms with van der Waals surface area (Å²) in [6.07, 6.45) is 1.37. The van der Waals surface area contributed by atoms with E-state index in [1.54, 1.807) is 0 Å². The molecule has 1 aliphatic rings. The van der Waals surface area contributed by atoms with E-state index in [1.165, 1.54) is 0 Å². The van der Waals surface area contributed by atoms with Crippen LogP contribution in [0.4, 0.5) is 0 Å². The monoisotopic (exact) mass is 294 g/mol. The number of carbonyl (C=O) groups is 1. The van der Waals surface area contributed by atoms with Gasteiger partial charge in [-0.2, -0.15) is 0 Å². The van der Waals surface area contributed by atoms with Crippen molar-refractivity contribution in [1.29, 1.82) is 0 Å². The Morgan fingerprint density at radius 1 is 1.19 bits per heavy atom. The fraction of sp³-hybridized carbons (Fsp3) is 0.588. The molecule has 0 bridgehead atoms. The predicted octanol–water partition coefficient (Wildman–Crippen LogP) is 3.90. The van der Waals surface area contributed by atoms with Gasteiger partial charge in [0.05, 0.1) is 6.42 Å². The average molecular weight is 294 g/mol. The highest BCUT2D eigenvalue weighted by Gasteiger charge is 2.36. The Hall–Kier alpha value is -1.71. The van der Waals surface area contributed by atoms with Gasteiger partial charge < -0.3 is 14.9 Å². The maximum Gasteiger partial charge on any atom is 0.307 e. The largest absolute Gasteiger partial charge is 0.507 e. The molecule has 0 saturated heterocycles. The quantitative estimate of drug-likeness (QED) is 0.868. The second kappa shape index (κ2) is 6.37. The van der Waals surface area contributed by atoms with E-state index in [-0.39, 0.29) is 6.42 Å². The molecule has 4 nitrogen and oxygen atoms in total. The predicted molar refractivity (Wildman–Crippen MR) is 83.3 cm³/mol. The first-order valence-electron chi connectivity index (χ1n) is 7.47. The number of aliphatic carboxylic acids is 1. The van der Waals surface area contributed by atoms with E-state index in [0.29, 0.717) is 12.2 Å². The number of rotatable bonds is 2. The Morgan fingerprint density at radius 2 is 1.76 bits per heavy atom. The van der Waals surface area contributed by atoms with E-state index in [1.807, 2.05) is 41.5 Å². The molecule has 0 aliphatic carbocycles. The summed E-state index contributed by atoms with van der Waals surface area (Å²) in [4.78, 5) is 10.9. The van der Waals surface area contributed by atoms with E-state index in [0.717, 1.165) is 34.4 Å². The van der Waals surface area contributed by atoms with Gasteiger partial charge >= 0.3 is 5.97 Å². The minimum atomic E-state index is -0.851. The molecule has 2 N–H and O–H groups in total. The van der Waals surface area contributed by atoms with Crippen molar-refractivity contribution in [2.45, 2.75) is 66.4 Å². The standard InChI is InChI=1S/C15H20O4.C2H6/c1-8-9(2)14-11(10(3)13(8)18)5-6-15(4,19-14)7-12(16)17;1-2/h18H,5-7H2,1-4H3,(H,16,17);1-2H3. The van der Waals surface area contributed by atoms with Gasteiger partial charge in [0, 0.05) is 5.56 Å². The Labute approximate surface area is 126 Å². The fourth-order valence-corrected chi connectivity index (χ4v) is 2.74. The van der Waals surface area contributed by atoms with Crippen LogP contribution >= 0.6 is 0 Å². The third-order valence-corrected chi connectivity index (χ3v) is 4.12. The summed E-state index contributed by atoms with van der Waals surface area (Å²) >= 11 is 0. The number of hydrogen-bond acceptors (Lipinski definition) is 3. The van der Waals surface area contributed by atoms with Crippen molar-refractivity contribution < 1.29 is 19.7 Å². The highest BCUT2D eigenvalue weighted by Crippen LogP contribution is 2.43. The summed E-state index contributed by atoms with van der Waals surface area (Å²) < 4.78 is 5.99. The number of ether oxygens (including phenoxy) is 1. The number of carboxylic acid groups (broad SMARTS) is 1. The first-order chi connectivity index (χ1) is 9.75. The highest BCUT2D eigenvalue weighted by molar-refractivity contribution is 5.68. The maximum absolute atomic E-state index is 10.9. The van der Waals surface area contributed by atoms with Crippen LogP contribution in [0.25, 0.3) is 0 Å². The van der Waals surface area contributed by atoms with Crippen LogP contribution in [0.1, 0.15) is 55.9 Å². The van der Waals surface area contributed by atoms with Crippen molar-refractivity contribution >= 4 is 5.97 Å². The maximum atomic E-state index is 10.9. The lowest BCUT2D eigenvalue weighted by Gasteiger charge is -2.37. The summed E-state index contributed by atoms with van der Waals surface area (Å²) in [7, 11) is 0. The van der Waals surface area contributed by atoms with Gasteiger partial charge in [0.1, 0.15) is 17.1 Å². The second-order valence-corrected chi connectivity index (χ2v) is 5.65. The second-order valence-electron chi connectivity index (χ2n) is 5.65. The normalized spacial score (nSPS) is 19.9. The molecule has 0 fully saturated rings. The number of phenolic OH excluding ortho intramolecular Hbond substituents is 1. The molecule has 1 aromatic carbocycles. The fourth-order valence-electron chi connectivity index (χ4n) is 2.74. The molecule has 0 saturated carbocycles. The molecular formula is C17H26O4. The molecule has 0 aromatic heterocycles. The number of hydrogen-bond donors (Lipinski definition) is 2. The minimum absolute atomic E-state index is 0.00908. The number of benzene rings is 1. The van der Waals surface area contributed by atoms with Crippen molar-refractivity contribution in [2.24, 2.45) is 0 Å². The minimum Gasteiger partial charge on any atom is -0.507 e. The lowest BCUT2D eigenvalue weighted by Crippen LogP contribution is -2.39. The summed E-state index contributed by atoms with van der Waals surface area (Å²) in [6, 6.07) is 0. The van der Waals surface area contributed by atoms with Gasteiger partial charge in [-0.25, -0.2) is 0 Å². The lowest BCUT2D eigenvalue weighted by atomic mass is 9.85. The molecule has 1 aromatic rings. The first kappa shape index (κ1) is 17.3. The Balaban J connectivity index is 0.00000106. The molecule has 2 rings (SSSR count). The topological polar surface area (TPSA) is 66.8 Å². The molecule has 1 aliphatic heterocycles. The van der Waals surface area contributed by atoms with E-state index in [2.05, 4.69) is 0 Å². The molecule has 0 spiro atoms. The third-order valence-electron chi connectivity index (χ3n) is 4.12. The summed E-state index contributed by atoms with van der Waals surface area (Å²) in [6.45, 7) is 11.5. The molecule has 1 unspecified atom stereocenters. The van der Waals surface area contributed by atoms with Gasteiger partial charge in [0.25, 0.3) is 0 Å². The molecule has 1 atom stereocenters. The number of fused-ring (bicyclic) bond motifs is 1. The van der Waals surface area contributed by atoms with Crippen LogP contribution in [0.5, 0.6) is 11.5 Å². The van der Waals surface area contributed by atoms with E-state index in [9.17, 15) is 9.90 Å². The lowest BCUT2D eigenvalue weighted by molar-refractivity contribution is -0.141. The molecule has 21 heavy (non-hydrogen) atoms. The number of phenols is 1. The Morgan fingerprint density at radius 3 is 2.29 bits per heavy atom. The SMILES string of the molecule is CC.Cc1c(C)c2c(c(C)c1O)CCC(C)(CC(=O)O)O2. The van der Waals surface area contributed by atoms with Crippen molar-refractivity contribution in [1.82, 2.24) is 0 Å². The van der Waals surface area contributed by atoms with Gasteiger partial charge in [-0.3, -0.25) is 4.79 Å². The van der Waals surface area contributed by atoms with Gasteiger partial charge in [0.15, 0.2) is 0 Å². The van der Waals surface area contributed by atoms with Crippen molar-refractivity contribution in [2.75, 3.05) is 0 Å². The van der Waals surface area contributed by atoms with Crippen LogP contribution in [0.15, 0.2) is 0 Å².